The van der Waals surface area contributed by atoms with Crippen molar-refractivity contribution in [1.29, 1.82) is 0 Å². The number of anilines is 1. The van der Waals surface area contributed by atoms with Crippen molar-refractivity contribution in [1.82, 2.24) is 10.2 Å². The number of rotatable bonds is 0. The van der Waals surface area contributed by atoms with E-state index in [4.69, 9.17) is 30.2 Å². The molecule has 0 saturated carbocycles. The first-order chi connectivity index (χ1) is 5.30. The lowest BCUT2D eigenvalue weighted by Gasteiger charge is -2.17. The highest BCUT2D eigenvalue weighted by Crippen LogP contribution is 1.71. The van der Waals surface area contributed by atoms with Gasteiger partial charge in [-0.25, -0.2) is 18.6 Å². The average Bonchev–Trinajstić information content (AvgIpc) is 2.12. The van der Waals surface area contributed by atoms with Gasteiger partial charge in [0.2, 0.25) is 0 Å². The van der Waals surface area contributed by atoms with Crippen LogP contribution in [0.25, 0.3) is 0 Å². The third kappa shape index (κ3) is 6.98. The SMILES string of the molecule is Nc1[nH]nc[n+]1N.[O-][Cl+3]([O-])([O-])[O-]. The van der Waals surface area contributed by atoms with E-state index in [1.807, 2.05) is 0 Å². The molecule has 12 heavy (non-hydrogen) atoms. The van der Waals surface area contributed by atoms with E-state index in [-0.39, 0.29) is 0 Å². The second kappa shape index (κ2) is 4.04. The van der Waals surface area contributed by atoms with Gasteiger partial charge >= 0.3 is 5.95 Å². The quantitative estimate of drug-likeness (QED) is 0.274. The number of nitrogen functional groups attached to an aromatic ring is 2. The van der Waals surface area contributed by atoms with E-state index in [0.717, 1.165) is 0 Å². The summed E-state index contributed by atoms with van der Waals surface area (Å²) in [5.41, 5.74) is 5.16. The van der Waals surface area contributed by atoms with E-state index < -0.39 is 10.2 Å². The Labute approximate surface area is 68.6 Å². The first-order valence-electron chi connectivity index (χ1n) is 2.38. The van der Waals surface area contributed by atoms with Gasteiger partial charge in [-0.3, -0.25) is 5.84 Å². The molecule has 0 bridgehead atoms. The summed E-state index contributed by atoms with van der Waals surface area (Å²) in [5, 5.41) is 5.94. The van der Waals surface area contributed by atoms with Crippen LogP contribution in [0, 0.1) is 10.2 Å². The molecule has 10 heteroatoms. The normalized spacial score (nSPS) is 10.3. The summed E-state index contributed by atoms with van der Waals surface area (Å²) in [5.74, 6) is 5.48. The van der Waals surface area contributed by atoms with Crippen LogP contribution >= 0.6 is 0 Å². The Kier molecular flexibility index (Phi) is 3.66. The zero-order chi connectivity index (χ0) is 9.78. The van der Waals surface area contributed by atoms with Crippen molar-refractivity contribution in [2.45, 2.75) is 0 Å². The van der Waals surface area contributed by atoms with Gasteiger partial charge in [-0.05, 0) is 5.10 Å². The Morgan fingerprint density at radius 1 is 1.42 bits per heavy atom. The predicted octanol–water partition coefficient (Wildman–Crippen LogP) is -6.76. The highest BCUT2D eigenvalue weighted by Gasteiger charge is 1.96. The molecule has 0 aliphatic carbocycles. The third-order valence-electron chi connectivity index (χ3n) is 0.639. The zero-order valence-electron chi connectivity index (χ0n) is 5.64. The molecule has 1 heterocycles. The first kappa shape index (κ1) is 10.9. The largest absolute Gasteiger partial charge is 0.360 e. The lowest BCUT2D eigenvalue weighted by molar-refractivity contribution is -2.00. The van der Waals surface area contributed by atoms with Gasteiger partial charge < -0.3 is 5.73 Å². The van der Waals surface area contributed by atoms with Crippen LogP contribution in [0.1, 0.15) is 0 Å². The summed E-state index contributed by atoms with van der Waals surface area (Å²) in [6.07, 6.45) is 1.38. The number of aromatic amines is 1. The smallest absolute Gasteiger partial charge is 0.306 e. The molecule has 0 aliphatic rings. The Morgan fingerprint density at radius 2 is 1.83 bits per heavy atom. The summed E-state index contributed by atoms with van der Waals surface area (Å²) < 4.78 is 35.2. The predicted molar refractivity (Wildman–Crippen MR) is 23.3 cm³/mol. The van der Waals surface area contributed by atoms with E-state index in [0.29, 0.717) is 5.95 Å². The van der Waals surface area contributed by atoms with E-state index in [1.54, 1.807) is 0 Å². The Hall–Kier alpha value is -1.13. The monoisotopic (exact) mass is 199 g/mol. The lowest BCUT2D eigenvalue weighted by atomic mass is 11.1. The van der Waals surface area contributed by atoms with Crippen LogP contribution in [0.3, 0.4) is 0 Å². The maximum absolute atomic E-state index is 8.49. The number of aromatic nitrogens is 3. The number of H-pyrrole nitrogens is 1. The molecule has 0 saturated heterocycles. The Bertz CT molecular complexity index is 209. The fourth-order valence-electron chi connectivity index (χ4n) is 0.277. The fourth-order valence-corrected chi connectivity index (χ4v) is 0.277. The standard InChI is InChI=1S/C2H5N5.ClHO4/c3-2-6-5-1-7(2)4;2-1(3,4)5/h1H,4H2,(H2,3,6);(H,2,3,4,5). The minimum atomic E-state index is -4.94. The Morgan fingerprint density at radius 3 is 1.92 bits per heavy atom. The van der Waals surface area contributed by atoms with E-state index in [9.17, 15) is 0 Å². The number of nitrogens with one attached hydrogen (secondary N) is 1. The van der Waals surface area contributed by atoms with Gasteiger partial charge in [0.1, 0.15) is 0 Å². The minimum absolute atomic E-state index is 0.347. The molecule has 1 rings (SSSR count). The summed E-state index contributed by atoms with van der Waals surface area (Å²) in [6, 6.07) is 0. The highest BCUT2D eigenvalue weighted by molar-refractivity contribution is 4.98. The average molecular weight is 200 g/mol. The third-order valence-corrected chi connectivity index (χ3v) is 0.639. The topological polar surface area (TPSA) is 177 Å². The Balaban J connectivity index is 0.000000217. The molecule has 0 aromatic carbocycles. The molecule has 0 spiro atoms. The molecule has 1 aromatic rings. The molecule has 70 valence electrons. The molecule has 1 aromatic heterocycles. The number of hydrogen-bond acceptors (Lipinski definition) is 7. The van der Waals surface area contributed by atoms with Crippen LogP contribution in [0.5, 0.6) is 0 Å². The molecule has 0 radical (unpaired) electrons. The van der Waals surface area contributed by atoms with Crippen LogP contribution < -0.4 is 34.9 Å². The zero-order valence-corrected chi connectivity index (χ0v) is 6.39. The molecular formula is C2H6ClN5O4. The second-order valence-electron chi connectivity index (χ2n) is 1.53. The number of halogens is 1. The van der Waals surface area contributed by atoms with Gasteiger partial charge in [0.25, 0.3) is 6.33 Å². The van der Waals surface area contributed by atoms with E-state index >= 15 is 0 Å². The van der Waals surface area contributed by atoms with Gasteiger partial charge in [0.05, 0.1) is 0 Å². The van der Waals surface area contributed by atoms with E-state index in [2.05, 4.69) is 10.2 Å². The molecule has 9 nitrogen and oxygen atoms in total. The number of nitrogens with two attached hydrogens (primary N) is 2. The summed E-state index contributed by atoms with van der Waals surface area (Å²) in [6.45, 7) is 0. The van der Waals surface area contributed by atoms with E-state index in [1.165, 1.54) is 11.0 Å². The van der Waals surface area contributed by atoms with Gasteiger partial charge in [-0.15, -0.1) is 20.0 Å². The minimum Gasteiger partial charge on any atom is -0.306 e. The highest BCUT2D eigenvalue weighted by atomic mass is 35.7. The molecular weight excluding hydrogens is 194 g/mol. The maximum atomic E-state index is 8.49. The molecule has 0 amide bonds. The molecule has 0 unspecified atom stereocenters. The van der Waals surface area contributed by atoms with Crippen LogP contribution in [0.15, 0.2) is 6.33 Å². The van der Waals surface area contributed by atoms with Crippen molar-refractivity contribution in [3.05, 3.63) is 6.33 Å². The van der Waals surface area contributed by atoms with Crippen LogP contribution in [-0.4, -0.2) is 10.2 Å². The summed E-state index contributed by atoms with van der Waals surface area (Å²) >= 11 is 0. The fraction of sp³-hybridized carbons (Fsp3) is 0. The number of nitrogens with zero attached hydrogens (tertiary/aromatic N) is 2. The maximum Gasteiger partial charge on any atom is 0.360 e. The van der Waals surface area contributed by atoms with Crippen LogP contribution in [-0.2, 0) is 0 Å². The van der Waals surface area contributed by atoms with Crippen molar-refractivity contribution < 1.29 is 33.6 Å². The van der Waals surface area contributed by atoms with Crippen molar-refractivity contribution in [3.63, 3.8) is 0 Å². The second-order valence-corrected chi connectivity index (χ2v) is 2.28. The van der Waals surface area contributed by atoms with Crippen molar-refractivity contribution in [3.8, 4) is 0 Å². The summed E-state index contributed by atoms with van der Waals surface area (Å²) in [4.78, 5) is 0. The summed E-state index contributed by atoms with van der Waals surface area (Å²) in [7, 11) is -4.94. The molecule has 0 fully saturated rings. The number of hydrogen-bond donors (Lipinski definition) is 3. The van der Waals surface area contributed by atoms with Crippen molar-refractivity contribution in [2.24, 2.45) is 0 Å². The van der Waals surface area contributed by atoms with Gasteiger partial charge in [0.15, 0.2) is 0 Å². The van der Waals surface area contributed by atoms with Crippen LogP contribution in [0.4, 0.5) is 5.95 Å². The molecule has 5 N–H and O–H groups in total. The van der Waals surface area contributed by atoms with Gasteiger partial charge in [-0.2, -0.15) is 0 Å². The lowest BCUT2D eigenvalue weighted by Crippen LogP contribution is -2.68. The van der Waals surface area contributed by atoms with Gasteiger partial charge in [-0.1, -0.05) is 0 Å². The molecule has 0 aliphatic heterocycles. The van der Waals surface area contributed by atoms with Crippen molar-refractivity contribution in [2.75, 3.05) is 11.6 Å². The van der Waals surface area contributed by atoms with Gasteiger partial charge in [0, 0.05) is 0 Å². The first-order valence-corrected chi connectivity index (χ1v) is 3.61. The van der Waals surface area contributed by atoms with Crippen LogP contribution in [0.2, 0.25) is 0 Å². The van der Waals surface area contributed by atoms with Crippen molar-refractivity contribution >= 4 is 5.95 Å². The molecule has 0 atom stereocenters.